The first-order chi connectivity index (χ1) is 12.5. The summed E-state index contributed by atoms with van der Waals surface area (Å²) >= 11 is 0. The van der Waals surface area contributed by atoms with E-state index in [0.29, 0.717) is 31.3 Å². The number of aliphatic hydroxyl groups excluding tert-OH is 1. The molecule has 1 unspecified atom stereocenters. The summed E-state index contributed by atoms with van der Waals surface area (Å²) in [5.41, 5.74) is 0. The molecule has 3 rings (SSSR count). The van der Waals surface area contributed by atoms with Crippen molar-refractivity contribution >= 4 is 9.84 Å². The molecule has 2 aromatic carbocycles. The van der Waals surface area contributed by atoms with Gasteiger partial charge in [0.05, 0.1) is 23.0 Å². The summed E-state index contributed by atoms with van der Waals surface area (Å²) in [6.45, 7) is 3.47. The van der Waals surface area contributed by atoms with Gasteiger partial charge in [-0.3, -0.25) is 0 Å². The van der Waals surface area contributed by atoms with Gasteiger partial charge in [0.25, 0.3) is 0 Å². The zero-order valence-corrected chi connectivity index (χ0v) is 15.3. The van der Waals surface area contributed by atoms with Crippen molar-refractivity contribution in [2.75, 3.05) is 26.4 Å². The molecule has 1 heterocycles. The average molecular weight is 378 g/mol. The largest absolute Gasteiger partial charge is 0.493 e. The Bertz CT molecular complexity index is 810. The second-order valence-corrected chi connectivity index (χ2v) is 8.26. The Balaban J connectivity index is 1.66. The van der Waals surface area contributed by atoms with Gasteiger partial charge in [0.2, 0.25) is 9.84 Å². The van der Waals surface area contributed by atoms with Crippen molar-refractivity contribution in [3.05, 3.63) is 48.5 Å². The van der Waals surface area contributed by atoms with Crippen LogP contribution in [0.5, 0.6) is 11.5 Å². The Hall–Kier alpha value is -2.09. The molecular weight excluding hydrogens is 356 g/mol. The second-order valence-electron chi connectivity index (χ2n) is 6.31. The topological polar surface area (TPSA) is 85.4 Å². The molecule has 0 aliphatic carbocycles. The number of hydrogen-bond donors (Lipinski definition) is 1. The van der Waals surface area contributed by atoms with Gasteiger partial charge in [0, 0.05) is 12.5 Å². The summed E-state index contributed by atoms with van der Waals surface area (Å²) in [5.74, 6) is 1.20. The van der Waals surface area contributed by atoms with Crippen LogP contribution >= 0.6 is 0 Å². The maximum Gasteiger partial charge on any atom is 0.206 e. The average Bonchev–Trinajstić information content (AvgIpc) is 3.49. The Kier molecular flexibility index (Phi) is 5.80. The third-order valence-corrected chi connectivity index (χ3v) is 5.74. The highest BCUT2D eigenvalue weighted by atomic mass is 32.2. The predicted molar refractivity (Wildman–Crippen MR) is 95.3 cm³/mol. The molecule has 140 valence electrons. The van der Waals surface area contributed by atoms with E-state index in [4.69, 9.17) is 19.3 Å². The van der Waals surface area contributed by atoms with E-state index in [1.54, 1.807) is 24.3 Å². The van der Waals surface area contributed by atoms with Gasteiger partial charge in [-0.2, -0.15) is 0 Å². The lowest BCUT2D eigenvalue weighted by Crippen LogP contribution is -2.12. The Morgan fingerprint density at radius 1 is 1.04 bits per heavy atom. The van der Waals surface area contributed by atoms with Crippen LogP contribution in [0.4, 0.5) is 0 Å². The fourth-order valence-corrected chi connectivity index (χ4v) is 3.47. The SMILES string of the molecule is C[C@H](CO)COc1ccc(S(=O)(=O)c2ccc(OCC3CO3)cc2)cc1. The third-order valence-electron chi connectivity index (χ3n) is 3.95. The predicted octanol–water partition coefficient (Wildman–Crippen LogP) is 2.30. The van der Waals surface area contributed by atoms with Crippen molar-refractivity contribution < 1.29 is 27.7 Å². The fraction of sp³-hybridized carbons (Fsp3) is 0.368. The summed E-state index contributed by atoms with van der Waals surface area (Å²) in [6, 6.07) is 12.6. The highest BCUT2D eigenvalue weighted by molar-refractivity contribution is 7.91. The Labute approximate surface area is 153 Å². The number of aliphatic hydroxyl groups is 1. The molecule has 7 heteroatoms. The minimum atomic E-state index is -3.60. The minimum Gasteiger partial charge on any atom is -0.493 e. The van der Waals surface area contributed by atoms with Crippen molar-refractivity contribution in [3.63, 3.8) is 0 Å². The van der Waals surface area contributed by atoms with Gasteiger partial charge >= 0.3 is 0 Å². The number of epoxide rings is 1. The van der Waals surface area contributed by atoms with Gasteiger partial charge in [-0.05, 0) is 48.5 Å². The molecule has 1 saturated heterocycles. The third kappa shape index (κ3) is 4.75. The van der Waals surface area contributed by atoms with E-state index in [1.807, 2.05) is 6.92 Å². The number of benzene rings is 2. The summed E-state index contributed by atoms with van der Waals surface area (Å²) in [7, 11) is -3.60. The highest BCUT2D eigenvalue weighted by Gasteiger charge is 2.23. The molecule has 0 spiro atoms. The van der Waals surface area contributed by atoms with Crippen LogP contribution in [0.1, 0.15) is 6.92 Å². The van der Waals surface area contributed by atoms with Crippen molar-refractivity contribution in [3.8, 4) is 11.5 Å². The van der Waals surface area contributed by atoms with Gasteiger partial charge in [0.15, 0.2) is 0 Å². The number of sulfone groups is 1. The molecule has 1 fully saturated rings. The molecule has 1 N–H and O–H groups in total. The lowest BCUT2D eigenvalue weighted by atomic mass is 10.2. The number of ether oxygens (including phenoxy) is 3. The van der Waals surface area contributed by atoms with Crippen LogP contribution in [0.3, 0.4) is 0 Å². The van der Waals surface area contributed by atoms with Crippen molar-refractivity contribution in [1.29, 1.82) is 0 Å². The second kappa shape index (κ2) is 8.07. The lowest BCUT2D eigenvalue weighted by Gasteiger charge is -2.11. The fourth-order valence-electron chi connectivity index (χ4n) is 2.21. The molecule has 6 nitrogen and oxygen atoms in total. The van der Waals surface area contributed by atoms with Gasteiger partial charge in [-0.15, -0.1) is 0 Å². The van der Waals surface area contributed by atoms with E-state index in [0.717, 1.165) is 0 Å². The monoisotopic (exact) mass is 378 g/mol. The molecule has 1 aliphatic rings. The number of hydrogen-bond acceptors (Lipinski definition) is 6. The summed E-state index contributed by atoms with van der Waals surface area (Å²) in [5, 5.41) is 9.00. The maximum absolute atomic E-state index is 12.7. The minimum absolute atomic E-state index is 0.0191. The van der Waals surface area contributed by atoms with Crippen LogP contribution in [0.2, 0.25) is 0 Å². The van der Waals surface area contributed by atoms with Gasteiger partial charge < -0.3 is 19.3 Å². The van der Waals surface area contributed by atoms with Crippen molar-refractivity contribution in [1.82, 2.24) is 0 Å². The van der Waals surface area contributed by atoms with E-state index >= 15 is 0 Å². The molecule has 0 amide bonds. The molecule has 0 bridgehead atoms. The Morgan fingerprint density at radius 3 is 2.00 bits per heavy atom. The lowest BCUT2D eigenvalue weighted by molar-refractivity contribution is 0.174. The van der Waals surface area contributed by atoms with Crippen LogP contribution in [0.25, 0.3) is 0 Å². The quantitative estimate of drug-likeness (QED) is 0.674. The summed E-state index contributed by atoms with van der Waals surface area (Å²) in [4.78, 5) is 0.398. The summed E-state index contributed by atoms with van der Waals surface area (Å²) in [6.07, 6.45) is 0.152. The summed E-state index contributed by atoms with van der Waals surface area (Å²) < 4.78 is 41.5. The molecule has 0 saturated carbocycles. The molecule has 26 heavy (non-hydrogen) atoms. The van der Waals surface area contributed by atoms with Crippen LogP contribution < -0.4 is 9.47 Å². The van der Waals surface area contributed by atoms with Crippen LogP contribution in [0.15, 0.2) is 58.3 Å². The normalized spacial score (nSPS) is 17.5. The molecule has 2 aromatic rings. The molecular formula is C19H22O6S. The van der Waals surface area contributed by atoms with Crippen molar-refractivity contribution in [2.45, 2.75) is 22.8 Å². The van der Waals surface area contributed by atoms with Crippen LogP contribution in [-0.2, 0) is 14.6 Å². The van der Waals surface area contributed by atoms with Crippen LogP contribution in [-0.4, -0.2) is 46.1 Å². The molecule has 0 aromatic heterocycles. The molecule has 1 aliphatic heterocycles. The zero-order valence-electron chi connectivity index (χ0n) is 14.5. The van der Waals surface area contributed by atoms with E-state index in [1.165, 1.54) is 24.3 Å². The molecule has 2 atom stereocenters. The first-order valence-electron chi connectivity index (χ1n) is 8.42. The first-order valence-corrected chi connectivity index (χ1v) is 9.90. The highest BCUT2D eigenvalue weighted by Crippen LogP contribution is 2.25. The van der Waals surface area contributed by atoms with E-state index in [-0.39, 0.29) is 28.4 Å². The van der Waals surface area contributed by atoms with Gasteiger partial charge in [-0.1, -0.05) is 6.92 Å². The number of rotatable bonds is 9. The van der Waals surface area contributed by atoms with Gasteiger partial charge in [0.1, 0.15) is 24.2 Å². The van der Waals surface area contributed by atoms with Gasteiger partial charge in [-0.25, -0.2) is 8.42 Å². The van der Waals surface area contributed by atoms with E-state index < -0.39 is 9.84 Å². The van der Waals surface area contributed by atoms with E-state index in [9.17, 15) is 8.42 Å². The van der Waals surface area contributed by atoms with Crippen molar-refractivity contribution in [2.24, 2.45) is 5.92 Å². The first kappa shape index (κ1) is 18.7. The van der Waals surface area contributed by atoms with E-state index in [2.05, 4.69) is 0 Å². The Morgan fingerprint density at radius 2 is 1.54 bits per heavy atom. The molecule has 0 radical (unpaired) electrons. The van der Waals surface area contributed by atoms with Crippen LogP contribution in [0, 0.1) is 5.92 Å². The zero-order chi connectivity index (χ0) is 18.6. The maximum atomic E-state index is 12.7. The smallest absolute Gasteiger partial charge is 0.206 e. The standard InChI is InChI=1S/C19H22O6S/c1-14(10-20)11-23-15-2-6-18(7-3-15)26(21,22)19-8-4-16(5-9-19)24-12-17-13-25-17/h2-9,14,17,20H,10-13H2,1H3/t14-,17?/m1/s1.